The van der Waals surface area contributed by atoms with Crippen LogP contribution in [0.2, 0.25) is 0 Å². The van der Waals surface area contributed by atoms with E-state index in [2.05, 4.69) is 5.32 Å². The maximum atomic E-state index is 15.7. The number of Topliss-reactive ketones (excluding diaryl/α,β-unsaturated/α-hetero) is 1. The first kappa shape index (κ1) is 44.4. The smallest absolute Gasteiger partial charge is 0.338 e. The van der Waals surface area contributed by atoms with Gasteiger partial charge in [0.25, 0.3) is 5.91 Å². The monoisotopic (exact) mass is 849 g/mol. The molecule has 7 rings (SSSR count). The molecule has 13 nitrogen and oxygen atoms in total. The van der Waals surface area contributed by atoms with E-state index in [1.54, 1.807) is 105 Å². The Morgan fingerprint density at radius 1 is 0.806 bits per heavy atom. The van der Waals surface area contributed by atoms with Gasteiger partial charge in [0.05, 0.1) is 24.1 Å². The van der Waals surface area contributed by atoms with Crippen molar-refractivity contribution in [3.8, 4) is 0 Å². The SMILES string of the molecule is CC(=O)O[C@H]1C(=O)[C@@]2(C)C([C@@H](OC(=O)c3ccccc3)[C@]3(C)C[C@@H](OC(=O)[C@H](O)[C@H](NC(=O)c4ccccc4)c4ccccc4)C(C)=C1C3(C)C)[C@]1(OC(C)=O)CO[C@@H]1C[C@@H]2C. The van der Waals surface area contributed by atoms with Crippen molar-refractivity contribution in [2.45, 2.75) is 110 Å². The van der Waals surface area contributed by atoms with Crippen molar-refractivity contribution in [1.29, 1.82) is 0 Å². The molecule has 13 heteroatoms. The lowest BCUT2D eigenvalue weighted by Gasteiger charge is -2.68. The van der Waals surface area contributed by atoms with E-state index in [1.807, 2.05) is 27.7 Å². The summed E-state index contributed by atoms with van der Waals surface area (Å²) in [7, 11) is 0. The van der Waals surface area contributed by atoms with Crippen molar-refractivity contribution in [2.75, 3.05) is 6.61 Å². The van der Waals surface area contributed by atoms with Crippen LogP contribution < -0.4 is 5.32 Å². The maximum absolute atomic E-state index is 15.7. The quantitative estimate of drug-likeness (QED) is 0.133. The molecule has 1 aliphatic heterocycles. The van der Waals surface area contributed by atoms with Gasteiger partial charge in [0, 0.05) is 30.2 Å². The summed E-state index contributed by atoms with van der Waals surface area (Å²) >= 11 is 0. The average Bonchev–Trinajstić information content (AvgIpc) is 3.24. The van der Waals surface area contributed by atoms with Crippen molar-refractivity contribution < 1.29 is 57.6 Å². The van der Waals surface area contributed by atoms with Gasteiger partial charge in [0.15, 0.2) is 23.6 Å². The largest absolute Gasteiger partial charge is 0.458 e. The van der Waals surface area contributed by atoms with E-state index in [9.17, 15) is 29.1 Å². The number of aliphatic hydroxyl groups excluding tert-OH is 1. The van der Waals surface area contributed by atoms with E-state index >= 15 is 4.79 Å². The maximum Gasteiger partial charge on any atom is 0.338 e. The lowest BCUT2D eigenvalue weighted by Crippen LogP contribution is -2.79. The van der Waals surface area contributed by atoms with E-state index in [4.69, 9.17) is 23.7 Å². The highest BCUT2D eigenvalue weighted by Gasteiger charge is 2.77. The van der Waals surface area contributed by atoms with E-state index in [-0.39, 0.29) is 18.6 Å². The highest BCUT2D eigenvalue weighted by Crippen LogP contribution is 2.68. The minimum Gasteiger partial charge on any atom is -0.458 e. The van der Waals surface area contributed by atoms with Gasteiger partial charge in [-0.05, 0) is 72.1 Å². The summed E-state index contributed by atoms with van der Waals surface area (Å²) in [5, 5.41) is 14.7. The van der Waals surface area contributed by atoms with Gasteiger partial charge in [-0.3, -0.25) is 19.2 Å². The highest BCUT2D eigenvalue weighted by atomic mass is 16.6. The number of hydrogen-bond donors (Lipinski definition) is 2. The van der Waals surface area contributed by atoms with E-state index < -0.39 is 106 Å². The molecule has 2 bridgehead atoms. The van der Waals surface area contributed by atoms with Crippen molar-refractivity contribution in [3.63, 3.8) is 0 Å². The molecule has 1 amide bonds. The van der Waals surface area contributed by atoms with E-state index in [0.29, 0.717) is 28.7 Å². The zero-order valence-electron chi connectivity index (χ0n) is 36.3. The van der Waals surface area contributed by atoms with E-state index in [0.717, 1.165) is 0 Å². The molecule has 62 heavy (non-hydrogen) atoms. The van der Waals surface area contributed by atoms with Gasteiger partial charge in [-0.25, -0.2) is 9.59 Å². The third-order valence-corrected chi connectivity index (χ3v) is 14.6. The predicted molar refractivity (Wildman–Crippen MR) is 224 cm³/mol. The van der Waals surface area contributed by atoms with Crippen LogP contribution in [-0.4, -0.2) is 83.4 Å². The summed E-state index contributed by atoms with van der Waals surface area (Å²) in [6.07, 6.45) is -6.18. The standard InChI is InChI=1S/C49H55NO12/c1-27-24-35-49(26-58-35,62-30(4)52)40-42(61-44(56)33-22-16-11-17-23-33)47(7)25-34(28(2)36(46(47,5)6)39(59-29(3)51)41(54)48(27,40)8)60-45(57)38(53)37(31-18-12-9-13-19-31)50-43(55)32-20-14-10-15-21-32/h9-23,27,34-35,37-40,42,53H,24-26H2,1-8H3,(H,50,55)/t27-,34+,35+,37+,38+,39+,40?,42+,47-,48+,49-/m0/s1. The number of amides is 1. The number of hydrogen-bond acceptors (Lipinski definition) is 12. The van der Waals surface area contributed by atoms with Gasteiger partial charge in [0.2, 0.25) is 0 Å². The number of carbonyl (C=O) groups is 6. The Balaban J connectivity index is 1.39. The van der Waals surface area contributed by atoms with Gasteiger partial charge in [-0.15, -0.1) is 0 Å². The van der Waals surface area contributed by atoms with Crippen LogP contribution in [0.15, 0.2) is 102 Å². The third kappa shape index (κ3) is 7.32. The molecule has 2 saturated carbocycles. The van der Waals surface area contributed by atoms with Gasteiger partial charge < -0.3 is 34.1 Å². The number of fused-ring (bicyclic) bond motifs is 5. The Morgan fingerprint density at radius 3 is 1.94 bits per heavy atom. The molecule has 1 heterocycles. The Hall–Kier alpha value is -5.66. The summed E-state index contributed by atoms with van der Waals surface area (Å²) in [5.74, 6) is -5.66. The number of esters is 4. The normalized spacial score (nSPS) is 31.9. The minimum absolute atomic E-state index is 0.0173. The topological polar surface area (TPSA) is 181 Å². The van der Waals surface area contributed by atoms with Crippen LogP contribution in [0.3, 0.4) is 0 Å². The number of aliphatic hydroxyl groups is 1. The molecule has 4 aliphatic rings. The van der Waals surface area contributed by atoms with Crippen molar-refractivity contribution >= 4 is 35.6 Å². The van der Waals surface area contributed by atoms with Crippen LogP contribution in [0.25, 0.3) is 0 Å². The predicted octanol–water partition coefficient (Wildman–Crippen LogP) is 6.29. The average molecular weight is 850 g/mol. The summed E-state index contributed by atoms with van der Waals surface area (Å²) in [6, 6.07) is 24.0. The highest BCUT2D eigenvalue weighted by molar-refractivity contribution is 5.96. The van der Waals surface area contributed by atoms with E-state index in [1.165, 1.54) is 13.8 Å². The third-order valence-electron chi connectivity index (χ3n) is 14.6. The first-order chi connectivity index (χ1) is 29.3. The van der Waals surface area contributed by atoms with Crippen molar-refractivity contribution in [3.05, 3.63) is 119 Å². The second kappa shape index (κ2) is 16.6. The van der Waals surface area contributed by atoms with Crippen LogP contribution in [0, 0.1) is 28.1 Å². The number of ketones is 1. The molecular weight excluding hydrogens is 795 g/mol. The lowest BCUT2D eigenvalue weighted by molar-refractivity contribution is -0.334. The molecule has 0 radical (unpaired) electrons. The van der Waals surface area contributed by atoms with Crippen LogP contribution in [0.1, 0.15) is 101 Å². The number of benzene rings is 3. The Bertz CT molecular complexity index is 2280. The minimum atomic E-state index is -1.92. The van der Waals surface area contributed by atoms with Gasteiger partial charge >= 0.3 is 23.9 Å². The van der Waals surface area contributed by atoms with Crippen LogP contribution in [0.4, 0.5) is 0 Å². The summed E-state index contributed by atoms with van der Waals surface area (Å²) < 4.78 is 31.5. The molecule has 11 atom stereocenters. The molecule has 3 fully saturated rings. The summed E-state index contributed by atoms with van der Waals surface area (Å²) in [5.41, 5.74) is -3.56. The zero-order valence-corrected chi connectivity index (χ0v) is 36.3. The molecular formula is C49H55NO12. The molecule has 0 aromatic heterocycles. The lowest BCUT2D eigenvalue weighted by atomic mass is 9.41. The van der Waals surface area contributed by atoms with Gasteiger partial charge in [-0.2, -0.15) is 0 Å². The molecule has 3 aromatic rings. The summed E-state index contributed by atoms with van der Waals surface area (Å²) in [4.78, 5) is 84.3. The fourth-order valence-corrected chi connectivity index (χ4v) is 10.8. The number of nitrogens with one attached hydrogen (secondary N) is 1. The number of carbonyl (C=O) groups excluding carboxylic acids is 6. The molecule has 3 aliphatic carbocycles. The fraction of sp³-hybridized carbons (Fsp3) is 0.469. The van der Waals surface area contributed by atoms with Gasteiger partial charge in [0.1, 0.15) is 18.3 Å². The number of rotatable bonds is 10. The molecule has 0 spiro atoms. The second-order valence-electron chi connectivity index (χ2n) is 18.2. The zero-order chi connectivity index (χ0) is 44.9. The van der Waals surface area contributed by atoms with Crippen LogP contribution >= 0.6 is 0 Å². The first-order valence-corrected chi connectivity index (χ1v) is 21.1. The van der Waals surface area contributed by atoms with Crippen LogP contribution in [0.5, 0.6) is 0 Å². The Morgan fingerprint density at radius 2 is 1.39 bits per heavy atom. The molecule has 1 saturated heterocycles. The fourth-order valence-electron chi connectivity index (χ4n) is 10.8. The molecule has 328 valence electrons. The molecule has 1 unspecified atom stereocenters. The Kier molecular flexibility index (Phi) is 11.9. The van der Waals surface area contributed by atoms with Crippen molar-refractivity contribution in [2.24, 2.45) is 28.1 Å². The first-order valence-electron chi connectivity index (χ1n) is 21.1. The van der Waals surface area contributed by atoms with Crippen LogP contribution in [-0.2, 0) is 42.9 Å². The molecule has 3 aromatic carbocycles. The Labute approximate surface area is 361 Å². The number of ether oxygens (including phenoxy) is 5. The second-order valence-corrected chi connectivity index (χ2v) is 18.2. The van der Waals surface area contributed by atoms with Crippen molar-refractivity contribution in [1.82, 2.24) is 5.32 Å². The molecule has 2 N–H and O–H groups in total. The summed E-state index contributed by atoms with van der Waals surface area (Å²) in [6.45, 7) is 13.4. The van der Waals surface area contributed by atoms with Gasteiger partial charge in [-0.1, -0.05) is 101 Å².